The van der Waals surface area contributed by atoms with Gasteiger partial charge in [-0.2, -0.15) is 26.3 Å². The molecule has 0 bridgehead atoms. The van der Waals surface area contributed by atoms with E-state index >= 15 is 0 Å². The molecule has 0 saturated carbocycles. The number of benzene rings is 2. The van der Waals surface area contributed by atoms with Crippen LogP contribution < -0.4 is 0 Å². The summed E-state index contributed by atoms with van der Waals surface area (Å²) >= 11 is 0. The Morgan fingerprint density at radius 3 is 1.35 bits per heavy atom. The summed E-state index contributed by atoms with van der Waals surface area (Å²) < 4.78 is 95.3. The van der Waals surface area contributed by atoms with Crippen LogP contribution in [0.15, 0.2) is 54.3 Å². The molecule has 40 heavy (non-hydrogen) atoms. The van der Waals surface area contributed by atoms with Gasteiger partial charge in [0.1, 0.15) is 6.61 Å². The summed E-state index contributed by atoms with van der Waals surface area (Å²) in [5.41, 5.74) is -1.54. The lowest BCUT2D eigenvalue weighted by Gasteiger charge is -2.09. The zero-order chi connectivity index (χ0) is 31.1. The van der Waals surface area contributed by atoms with Crippen LogP contribution in [-0.2, 0) is 45.6 Å². The van der Waals surface area contributed by atoms with Crippen LogP contribution in [0.5, 0.6) is 0 Å². The van der Waals surface area contributed by atoms with Gasteiger partial charge in [-0.05, 0) is 36.4 Å². The summed E-state index contributed by atoms with van der Waals surface area (Å²) in [4.78, 5) is 32.2. The van der Waals surface area contributed by atoms with Crippen molar-refractivity contribution in [1.29, 1.82) is 0 Å². The van der Waals surface area contributed by atoms with Gasteiger partial charge in [-0.25, -0.2) is 14.4 Å². The van der Waals surface area contributed by atoms with Crippen molar-refractivity contribution in [3.8, 4) is 0 Å². The highest BCUT2D eigenvalue weighted by atomic mass is 19.4. The van der Waals surface area contributed by atoms with Gasteiger partial charge < -0.3 is 28.8 Å². The largest absolute Gasteiger partial charge is 0.504 e. The van der Waals surface area contributed by atoms with Crippen LogP contribution >= 0.6 is 0 Å². The van der Waals surface area contributed by atoms with Gasteiger partial charge in [0, 0.05) is 12.7 Å². The molecule has 2 rings (SSSR count). The van der Waals surface area contributed by atoms with Crippen molar-refractivity contribution in [3.63, 3.8) is 0 Å². The number of esters is 3. The monoisotopic (exact) mass is 584 g/mol. The minimum atomic E-state index is -4.47. The molecule has 2 aromatic carbocycles. The number of carbonyl (C=O) groups excluding carboxylic acids is 3. The third-order valence-electron chi connectivity index (χ3n) is 4.40. The predicted molar refractivity (Wildman–Crippen MR) is 127 cm³/mol. The van der Waals surface area contributed by atoms with E-state index in [9.17, 15) is 45.8 Å². The molecule has 0 atom stereocenters. The Morgan fingerprint density at radius 2 is 1.07 bits per heavy atom. The third kappa shape index (κ3) is 12.1. The first kappa shape index (κ1) is 35.7. The summed E-state index contributed by atoms with van der Waals surface area (Å²) in [7, 11) is 6.15. The molecule has 0 aromatic heterocycles. The minimum absolute atomic E-state index is 0.00949. The van der Waals surface area contributed by atoms with Crippen molar-refractivity contribution in [3.05, 3.63) is 76.5 Å². The van der Waals surface area contributed by atoms with Crippen molar-refractivity contribution in [2.45, 2.75) is 12.4 Å². The van der Waals surface area contributed by atoms with Gasteiger partial charge in [0.15, 0.2) is 5.76 Å². The van der Waals surface area contributed by atoms with Gasteiger partial charge in [0.2, 0.25) is 5.76 Å². The Morgan fingerprint density at radius 1 is 0.650 bits per heavy atom. The van der Waals surface area contributed by atoms with Gasteiger partial charge in [-0.15, -0.1) is 0 Å². The molecule has 0 aliphatic heterocycles. The van der Waals surface area contributed by atoms with E-state index in [2.05, 4.69) is 23.7 Å². The van der Waals surface area contributed by atoms with E-state index in [1.54, 1.807) is 0 Å². The third-order valence-corrected chi connectivity index (χ3v) is 4.40. The van der Waals surface area contributed by atoms with Crippen LogP contribution in [0.1, 0.15) is 27.0 Å². The predicted octanol–water partition coefficient (Wildman–Crippen LogP) is 5.05. The smallest absolute Gasteiger partial charge is 0.416 e. The molecule has 0 fully saturated rings. The average Bonchev–Trinajstić information content (AvgIpc) is 2.92. The van der Waals surface area contributed by atoms with E-state index in [0.29, 0.717) is 0 Å². The number of rotatable bonds is 6. The van der Waals surface area contributed by atoms with Gasteiger partial charge in [0.25, 0.3) is 0 Å². The standard InChI is InChI=1S/C12H11F3O4.C9H7F3O2.C4H8O3/c1-18-10(11(17)19-2)9(16)7-3-5-8(6-4-7)12(13,14)15;1-14-8(13)6-2-4-7(5-3-6)9(10,11)12;1-6-3-4(5)7-2/h3-6,16H,1-2H3;2-5H,1H3;3H2,1-2H3. The van der Waals surface area contributed by atoms with Crippen molar-refractivity contribution in [2.75, 3.05) is 42.2 Å². The zero-order valence-corrected chi connectivity index (χ0v) is 21.8. The molecule has 0 saturated heterocycles. The number of alkyl halides is 6. The van der Waals surface area contributed by atoms with E-state index in [-0.39, 0.29) is 23.7 Å². The Balaban J connectivity index is 0.000000634. The second kappa shape index (κ2) is 16.6. The van der Waals surface area contributed by atoms with E-state index in [4.69, 9.17) is 0 Å². The summed E-state index contributed by atoms with van der Waals surface area (Å²) in [5.74, 6) is -3.01. The van der Waals surface area contributed by atoms with Crippen molar-refractivity contribution >= 4 is 23.7 Å². The summed E-state index contributed by atoms with van der Waals surface area (Å²) in [5, 5.41) is 9.75. The first-order chi connectivity index (χ1) is 18.6. The molecule has 1 N–H and O–H groups in total. The van der Waals surface area contributed by atoms with Gasteiger partial charge in [-0.3, -0.25) is 0 Å². The molecule has 0 spiro atoms. The highest BCUT2D eigenvalue weighted by molar-refractivity contribution is 5.93. The fourth-order valence-corrected chi connectivity index (χ4v) is 2.41. The number of carbonyl (C=O) groups is 3. The first-order valence-corrected chi connectivity index (χ1v) is 10.6. The molecule has 0 aliphatic rings. The van der Waals surface area contributed by atoms with E-state index in [1.807, 2.05) is 0 Å². The number of ether oxygens (including phenoxy) is 5. The fraction of sp³-hybridized carbons (Fsp3) is 0.320. The van der Waals surface area contributed by atoms with Crippen LogP contribution in [0.2, 0.25) is 0 Å². The Hall–Kier alpha value is -4.27. The number of hydrogen-bond acceptors (Lipinski definition) is 9. The molecule has 0 heterocycles. The second-order valence-corrected chi connectivity index (χ2v) is 7.02. The molecule has 222 valence electrons. The summed E-state index contributed by atoms with van der Waals surface area (Å²) in [6.45, 7) is 0.0382. The lowest BCUT2D eigenvalue weighted by atomic mass is 10.1. The van der Waals surface area contributed by atoms with Gasteiger partial charge in [0.05, 0.1) is 45.1 Å². The molecule has 0 radical (unpaired) electrons. The number of hydrogen-bond donors (Lipinski definition) is 1. The van der Waals surface area contributed by atoms with Crippen LogP contribution in [0.25, 0.3) is 5.76 Å². The summed E-state index contributed by atoms with van der Waals surface area (Å²) in [6, 6.07) is 7.47. The average molecular weight is 584 g/mol. The second-order valence-electron chi connectivity index (χ2n) is 7.02. The van der Waals surface area contributed by atoms with Crippen LogP contribution in [-0.4, -0.2) is 65.2 Å². The Labute approximate surface area is 224 Å². The molecule has 0 unspecified atom stereocenters. The first-order valence-electron chi connectivity index (χ1n) is 10.6. The molecular weight excluding hydrogens is 558 g/mol. The van der Waals surface area contributed by atoms with Gasteiger partial charge >= 0.3 is 30.3 Å². The molecule has 9 nitrogen and oxygen atoms in total. The van der Waals surface area contributed by atoms with E-state index in [1.165, 1.54) is 21.3 Å². The fourth-order valence-electron chi connectivity index (χ4n) is 2.41. The van der Waals surface area contributed by atoms with Crippen LogP contribution in [0.3, 0.4) is 0 Å². The highest BCUT2D eigenvalue weighted by Crippen LogP contribution is 2.30. The van der Waals surface area contributed by atoms with Crippen molar-refractivity contribution in [1.82, 2.24) is 0 Å². The number of methoxy groups -OCH3 is 5. The normalized spacial score (nSPS) is 11.4. The van der Waals surface area contributed by atoms with Gasteiger partial charge in [-0.1, -0.05) is 12.1 Å². The van der Waals surface area contributed by atoms with Crippen molar-refractivity contribution in [2.24, 2.45) is 0 Å². The maximum absolute atomic E-state index is 12.4. The topological polar surface area (TPSA) is 118 Å². The quantitative estimate of drug-likeness (QED) is 0.164. The number of aliphatic hydroxyl groups excluding tert-OH is 1. The molecule has 15 heteroatoms. The Bertz CT molecular complexity index is 1120. The molecule has 0 amide bonds. The van der Waals surface area contributed by atoms with Crippen molar-refractivity contribution < 1.29 is 69.5 Å². The number of halogens is 6. The molecular formula is C25H26F6O9. The maximum atomic E-state index is 12.4. The Kier molecular flexibility index (Phi) is 14.9. The highest BCUT2D eigenvalue weighted by Gasteiger charge is 2.31. The maximum Gasteiger partial charge on any atom is 0.416 e. The van der Waals surface area contributed by atoms with E-state index < -0.39 is 46.9 Å². The van der Waals surface area contributed by atoms with Crippen LogP contribution in [0, 0.1) is 0 Å². The molecule has 2 aromatic rings. The lowest BCUT2D eigenvalue weighted by molar-refractivity contribution is -0.145. The zero-order valence-electron chi connectivity index (χ0n) is 21.8. The number of aliphatic hydroxyl groups is 1. The summed E-state index contributed by atoms with van der Waals surface area (Å²) in [6.07, 6.45) is -8.85. The lowest BCUT2D eigenvalue weighted by Crippen LogP contribution is -2.10. The SMILES string of the molecule is COC(=O)C(OC)=C(O)c1ccc(C(F)(F)F)cc1.COC(=O)c1ccc(C(F)(F)F)cc1.COCC(=O)OC. The molecule has 0 aliphatic carbocycles. The minimum Gasteiger partial charge on any atom is -0.504 e. The van der Waals surface area contributed by atoms with E-state index in [0.717, 1.165) is 62.8 Å². The van der Waals surface area contributed by atoms with Crippen LogP contribution in [0.4, 0.5) is 26.3 Å².